The van der Waals surface area contributed by atoms with Crippen LogP contribution < -0.4 is 0 Å². The Morgan fingerprint density at radius 3 is 2.78 bits per heavy atom. The molecule has 2 heterocycles. The summed E-state index contributed by atoms with van der Waals surface area (Å²) >= 11 is 0. The summed E-state index contributed by atoms with van der Waals surface area (Å²) in [7, 11) is 0. The molecule has 100 valence electrons. The predicted octanol–water partition coefficient (Wildman–Crippen LogP) is -0.147. The van der Waals surface area contributed by atoms with E-state index >= 15 is 0 Å². The average Bonchev–Trinajstić information content (AvgIpc) is 2.77. The van der Waals surface area contributed by atoms with Gasteiger partial charge in [-0.25, -0.2) is 4.79 Å². The first-order valence-electron chi connectivity index (χ1n) is 5.77. The van der Waals surface area contributed by atoms with Crippen LogP contribution in [0.1, 0.15) is 20.3 Å². The quantitative estimate of drug-likeness (QED) is 0.742. The summed E-state index contributed by atoms with van der Waals surface area (Å²) in [6, 6.07) is 0. The normalized spacial score (nSPS) is 26.4. The lowest BCUT2D eigenvalue weighted by Crippen LogP contribution is -2.58. The first-order chi connectivity index (χ1) is 8.42. The molecule has 0 radical (unpaired) electrons. The summed E-state index contributed by atoms with van der Waals surface area (Å²) in [5.74, 6) is -1.38. The zero-order chi connectivity index (χ0) is 13.3. The number of nitrogens with zero attached hydrogens (tertiary/aromatic N) is 2. The molecule has 1 fully saturated rings. The third-order valence-corrected chi connectivity index (χ3v) is 3.10. The molecular weight excluding hydrogens is 240 g/mol. The van der Waals surface area contributed by atoms with Gasteiger partial charge in [0.2, 0.25) is 6.10 Å². The molecule has 0 aromatic rings. The minimum atomic E-state index is -1.15. The smallest absolute Gasteiger partial charge is 0.353 e. The van der Waals surface area contributed by atoms with Crippen molar-refractivity contribution in [2.45, 2.75) is 31.9 Å². The average molecular weight is 256 g/mol. The van der Waals surface area contributed by atoms with Crippen molar-refractivity contribution in [2.75, 3.05) is 19.8 Å². The fraction of sp³-hybridized carbons (Fsp3) is 0.727. The highest BCUT2D eigenvalue weighted by Gasteiger charge is 2.41. The Hall–Kier alpha value is -1.63. The molecule has 2 rings (SSSR count). The molecule has 7 heteroatoms. The third-order valence-electron chi connectivity index (χ3n) is 3.10. The molecule has 0 spiro atoms. The molecule has 0 aromatic carbocycles. The molecule has 1 amide bonds. The maximum Gasteiger partial charge on any atom is 0.353 e. The number of carboxylic acid groups (broad SMARTS) is 1. The highest BCUT2D eigenvalue weighted by Crippen LogP contribution is 2.23. The molecule has 2 aliphatic heterocycles. The van der Waals surface area contributed by atoms with Crippen LogP contribution in [0, 0.1) is 0 Å². The SMILES string of the molecule is CC1(C)COCCN1C(=O)C1CC(C(=O)O)=NO1. The Kier molecular flexibility index (Phi) is 3.25. The number of carboxylic acids is 1. The molecule has 18 heavy (non-hydrogen) atoms. The van der Waals surface area contributed by atoms with Gasteiger partial charge in [0.05, 0.1) is 18.8 Å². The third kappa shape index (κ3) is 2.31. The first kappa shape index (κ1) is 12.8. The van der Waals surface area contributed by atoms with E-state index in [2.05, 4.69) is 5.16 Å². The van der Waals surface area contributed by atoms with E-state index in [1.54, 1.807) is 4.90 Å². The zero-order valence-corrected chi connectivity index (χ0v) is 10.4. The van der Waals surface area contributed by atoms with E-state index in [1.807, 2.05) is 13.8 Å². The number of ether oxygens (including phenoxy) is 1. The second-order valence-electron chi connectivity index (χ2n) is 5.00. The molecule has 0 aliphatic carbocycles. The van der Waals surface area contributed by atoms with Gasteiger partial charge in [-0.3, -0.25) is 4.79 Å². The Labute approximate surface area is 104 Å². The number of carbonyl (C=O) groups is 2. The predicted molar refractivity (Wildman–Crippen MR) is 61.2 cm³/mol. The van der Waals surface area contributed by atoms with Crippen LogP contribution in [0.2, 0.25) is 0 Å². The summed E-state index contributed by atoms with van der Waals surface area (Å²) in [5, 5.41) is 12.2. The maximum absolute atomic E-state index is 12.3. The lowest BCUT2D eigenvalue weighted by atomic mass is 10.0. The summed E-state index contributed by atoms with van der Waals surface area (Å²) in [6.45, 7) is 5.22. The van der Waals surface area contributed by atoms with Crippen LogP contribution in [0.4, 0.5) is 0 Å². The van der Waals surface area contributed by atoms with Crippen molar-refractivity contribution >= 4 is 17.6 Å². The zero-order valence-electron chi connectivity index (χ0n) is 10.4. The van der Waals surface area contributed by atoms with E-state index in [4.69, 9.17) is 14.7 Å². The number of oxime groups is 1. The van der Waals surface area contributed by atoms with Crippen molar-refractivity contribution in [2.24, 2.45) is 5.16 Å². The number of hydrogen-bond donors (Lipinski definition) is 1. The Morgan fingerprint density at radius 2 is 2.22 bits per heavy atom. The number of amides is 1. The topological polar surface area (TPSA) is 88.4 Å². The largest absolute Gasteiger partial charge is 0.477 e. The van der Waals surface area contributed by atoms with Gasteiger partial charge < -0.3 is 19.6 Å². The lowest BCUT2D eigenvalue weighted by Gasteiger charge is -2.42. The molecule has 0 aromatic heterocycles. The van der Waals surface area contributed by atoms with Gasteiger partial charge in [0.1, 0.15) is 0 Å². The van der Waals surface area contributed by atoms with Gasteiger partial charge in [-0.2, -0.15) is 0 Å². The van der Waals surface area contributed by atoms with Gasteiger partial charge in [-0.1, -0.05) is 5.16 Å². The van der Waals surface area contributed by atoms with Gasteiger partial charge in [0, 0.05) is 13.0 Å². The van der Waals surface area contributed by atoms with Gasteiger partial charge in [-0.15, -0.1) is 0 Å². The van der Waals surface area contributed by atoms with E-state index in [0.29, 0.717) is 19.8 Å². The van der Waals surface area contributed by atoms with Crippen molar-refractivity contribution in [3.05, 3.63) is 0 Å². The Bertz CT molecular complexity index is 404. The molecule has 0 saturated carbocycles. The summed E-state index contributed by atoms with van der Waals surface area (Å²) in [6.07, 6.45) is -0.810. The van der Waals surface area contributed by atoms with Gasteiger partial charge in [0.25, 0.3) is 5.91 Å². The Morgan fingerprint density at radius 1 is 1.50 bits per heavy atom. The number of carbonyl (C=O) groups excluding carboxylic acids is 1. The first-order valence-corrected chi connectivity index (χ1v) is 5.77. The number of morpholine rings is 1. The van der Waals surface area contributed by atoms with Crippen molar-refractivity contribution in [3.8, 4) is 0 Å². The lowest BCUT2D eigenvalue weighted by molar-refractivity contribution is -0.157. The van der Waals surface area contributed by atoms with Crippen molar-refractivity contribution in [1.82, 2.24) is 4.90 Å². The number of hydrogen-bond acceptors (Lipinski definition) is 5. The van der Waals surface area contributed by atoms with Crippen molar-refractivity contribution in [3.63, 3.8) is 0 Å². The van der Waals surface area contributed by atoms with Crippen LogP contribution >= 0.6 is 0 Å². The molecule has 1 atom stereocenters. The summed E-state index contributed by atoms with van der Waals surface area (Å²) in [5.41, 5.74) is -0.524. The summed E-state index contributed by atoms with van der Waals surface area (Å²) in [4.78, 5) is 29.6. The van der Waals surface area contributed by atoms with E-state index in [-0.39, 0.29) is 18.0 Å². The second kappa shape index (κ2) is 4.56. The van der Waals surface area contributed by atoms with Crippen LogP contribution in [0.25, 0.3) is 0 Å². The minimum Gasteiger partial charge on any atom is -0.477 e. The molecule has 0 bridgehead atoms. The minimum absolute atomic E-state index is 0.0155. The fourth-order valence-corrected chi connectivity index (χ4v) is 2.08. The molecular formula is C11H16N2O5. The standard InChI is InChI=1S/C11H16N2O5/c1-11(2)6-17-4-3-13(11)9(14)8-5-7(10(15)16)12-18-8/h8H,3-6H2,1-2H3,(H,15,16). The highest BCUT2D eigenvalue weighted by molar-refractivity contribution is 6.36. The molecule has 1 N–H and O–H groups in total. The van der Waals surface area contributed by atoms with Gasteiger partial charge >= 0.3 is 5.97 Å². The molecule has 7 nitrogen and oxygen atoms in total. The van der Waals surface area contributed by atoms with Gasteiger partial charge in [0.15, 0.2) is 5.71 Å². The van der Waals surface area contributed by atoms with Crippen LogP contribution in [0.5, 0.6) is 0 Å². The highest BCUT2D eigenvalue weighted by atomic mass is 16.6. The second-order valence-corrected chi connectivity index (χ2v) is 5.00. The van der Waals surface area contributed by atoms with E-state index in [1.165, 1.54) is 0 Å². The molecule has 1 unspecified atom stereocenters. The van der Waals surface area contributed by atoms with Crippen molar-refractivity contribution < 1.29 is 24.3 Å². The van der Waals surface area contributed by atoms with Crippen molar-refractivity contribution in [1.29, 1.82) is 0 Å². The van der Waals surface area contributed by atoms with Crippen LogP contribution in [0.3, 0.4) is 0 Å². The van der Waals surface area contributed by atoms with Gasteiger partial charge in [-0.05, 0) is 13.8 Å². The molecule has 1 saturated heterocycles. The van der Waals surface area contributed by atoms with E-state index < -0.39 is 17.6 Å². The van der Waals surface area contributed by atoms with E-state index in [9.17, 15) is 9.59 Å². The van der Waals surface area contributed by atoms with E-state index in [0.717, 1.165) is 0 Å². The van der Waals surface area contributed by atoms with Crippen LogP contribution in [-0.2, 0) is 19.2 Å². The fourth-order valence-electron chi connectivity index (χ4n) is 2.08. The maximum atomic E-state index is 12.3. The molecule has 2 aliphatic rings. The summed E-state index contributed by atoms with van der Waals surface area (Å²) < 4.78 is 5.33. The monoisotopic (exact) mass is 256 g/mol. The number of aliphatic carboxylic acids is 1. The van der Waals surface area contributed by atoms with Crippen LogP contribution in [-0.4, -0.2) is 59.0 Å². The van der Waals surface area contributed by atoms with Crippen LogP contribution in [0.15, 0.2) is 5.16 Å². The Balaban J connectivity index is 2.03. The number of rotatable bonds is 2.